The van der Waals surface area contributed by atoms with Gasteiger partial charge in [-0.3, -0.25) is 0 Å². The highest BCUT2D eigenvalue weighted by atomic mass is 16.5. The molecule has 2 aromatic carbocycles. The van der Waals surface area contributed by atoms with E-state index in [1.165, 1.54) is 5.56 Å². The van der Waals surface area contributed by atoms with Crippen LogP contribution in [0, 0.1) is 0 Å². The number of anilines is 1. The van der Waals surface area contributed by atoms with Crippen molar-refractivity contribution >= 4 is 5.69 Å². The molecule has 1 unspecified atom stereocenters. The van der Waals surface area contributed by atoms with Crippen LogP contribution in [0.2, 0.25) is 0 Å². The van der Waals surface area contributed by atoms with Crippen molar-refractivity contribution in [1.29, 1.82) is 0 Å². The van der Waals surface area contributed by atoms with E-state index in [-0.39, 0.29) is 6.04 Å². The molecule has 0 bridgehead atoms. The Morgan fingerprint density at radius 2 is 2.10 bits per heavy atom. The van der Waals surface area contributed by atoms with E-state index in [0.29, 0.717) is 0 Å². The maximum absolute atomic E-state index is 5.70. The normalized spacial score (nSPS) is 16.7. The first kappa shape index (κ1) is 13.8. The maximum Gasteiger partial charge on any atom is 0.124 e. The summed E-state index contributed by atoms with van der Waals surface area (Å²) in [6, 6.07) is 16.7. The summed E-state index contributed by atoms with van der Waals surface area (Å²) in [6.45, 7) is 3.62. The molecule has 1 N–H and O–H groups in total. The predicted octanol–water partition coefficient (Wildman–Crippen LogP) is 4.41. The molecule has 3 nitrogen and oxygen atoms in total. The number of ether oxygens (including phenoxy) is 2. The second-order valence-electron chi connectivity index (χ2n) is 5.25. The molecular formula is C18H21NO2. The van der Waals surface area contributed by atoms with E-state index in [1.54, 1.807) is 0 Å². The third-order valence-electron chi connectivity index (χ3n) is 3.61. The summed E-state index contributed by atoms with van der Waals surface area (Å²) in [6.07, 6.45) is 1.99. The number of hydrogen-bond donors (Lipinski definition) is 1. The van der Waals surface area contributed by atoms with Crippen molar-refractivity contribution in [2.75, 3.05) is 18.5 Å². The van der Waals surface area contributed by atoms with Crippen molar-refractivity contribution in [1.82, 2.24) is 0 Å². The minimum absolute atomic E-state index is 0.288. The zero-order chi connectivity index (χ0) is 14.5. The van der Waals surface area contributed by atoms with Gasteiger partial charge in [-0.05, 0) is 24.6 Å². The molecule has 0 spiro atoms. The van der Waals surface area contributed by atoms with Gasteiger partial charge in [0.25, 0.3) is 0 Å². The summed E-state index contributed by atoms with van der Waals surface area (Å²) in [4.78, 5) is 0. The van der Waals surface area contributed by atoms with Crippen molar-refractivity contribution in [2.24, 2.45) is 0 Å². The summed E-state index contributed by atoms with van der Waals surface area (Å²) < 4.78 is 11.4. The van der Waals surface area contributed by atoms with Crippen LogP contribution in [0.3, 0.4) is 0 Å². The second kappa shape index (κ2) is 6.53. The highest BCUT2D eigenvalue weighted by molar-refractivity contribution is 5.51. The average Bonchev–Trinajstić information content (AvgIpc) is 2.54. The van der Waals surface area contributed by atoms with E-state index in [2.05, 4.69) is 36.5 Å². The first-order valence-electron chi connectivity index (χ1n) is 7.58. The topological polar surface area (TPSA) is 30.5 Å². The summed E-state index contributed by atoms with van der Waals surface area (Å²) in [7, 11) is 0. The Labute approximate surface area is 125 Å². The van der Waals surface area contributed by atoms with Crippen LogP contribution in [-0.4, -0.2) is 13.2 Å². The van der Waals surface area contributed by atoms with Crippen LogP contribution in [0.4, 0.5) is 5.69 Å². The van der Waals surface area contributed by atoms with E-state index < -0.39 is 0 Å². The first-order valence-corrected chi connectivity index (χ1v) is 7.58. The number of para-hydroxylation sites is 1. The van der Waals surface area contributed by atoms with Crippen molar-refractivity contribution in [3.8, 4) is 11.5 Å². The Morgan fingerprint density at radius 1 is 1.19 bits per heavy atom. The molecule has 0 fully saturated rings. The molecular weight excluding hydrogens is 262 g/mol. The van der Waals surface area contributed by atoms with Crippen LogP contribution < -0.4 is 14.8 Å². The van der Waals surface area contributed by atoms with Crippen LogP contribution >= 0.6 is 0 Å². The molecule has 0 aromatic heterocycles. The van der Waals surface area contributed by atoms with E-state index in [0.717, 1.165) is 43.2 Å². The fourth-order valence-corrected chi connectivity index (χ4v) is 2.59. The smallest absolute Gasteiger partial charge is 0.124 e. The van der Waals surface area contributed by atoms with E-state index in [9.17, 15) is 0 Å². The summed E-state index contributed by atoms with van der Waals surface area (Å²) in [5.74, 6) is 1.90. The van der Waals surface area contributed by atoms with Crippen LogP contribution in [0.15, 0.2) is 48.5 Å². The molecule has 3 rings (SSSR count). The van der Waals surface area contributed by atoms with E-state index in [4.69, 9.17) is 9.47 Å². The molecule has 2 aromatic rings. The highest BCUT2D eigenvalue weighted by Gasteiger charge is 2.20. The molecule has 0 amide bonds. The number of rotatable bonds is 5. The molecule has 0 saturated carbocycles. The van der Waals surface area contributed by atoms with Gasteiger partial charge in [0, 0.05) is 23.7 Å². The number of benzene rings is 2. The molecule has 1 heterocycles. The molecule has 1 aliphatic rings. The minimum atomic E-state index is 0.288. The summed E-state index contributed by atoms with van der Waals surface area (Å²) >= 11 is 0. The number of nitrogens with one attached hydrogen (secondary N) is 1. The van der Waals surface area contributed by atoms with Gasteiger partial charge in [0.15, 0.2) is 0 Å². The van der Waals surface area contributed by atoms with Gasteiger partial charge < -0.3 is 14.8 Å². The van der Waals surface area contributed by atoms with Gasteiger partial charge in [-0.1, -0.05) is 31.2 Å². The standard InChI is InChI=1S/C18H21NO2/c1-2-11-20-15-7-5-6-14(13-15)19-17-10-12-21-18-9-4-3-8-16(17)18/h3-9,13,17,19H,2,10-12H2,1H3. The van der Waals surface area contributed by atoms with Crippen LogP contribution in [0.5, 0.6) is 11.5 Å². The van der Waals surface area contributed by atoms with Crippen LogP contribution in [0.1, 0.15) is 31.4 Å². The Bertz CT molecular complexity index is 597. The second-order valence-corrected chi connectivity index (χ2v) is 5.25. The summed E-state index contributed by atoms with van der Waals surface area (Å²) in [5.41, 5.74) is 2.31. The van der Waals surface area contributed by atoms with E-state index >= 15 is 0 Å². The zero-order valence-corrected chi connectivity index (χ0v) is 12.3. The molecule has 110 valence electrons. The lowest BCUT2D eigenvalue weighted by Crippen LogP contribution is -2.20. The molecule has 0 saturated heterocycles. The predicted molar refractivity (Wildman–Crippen MR) is 85.1 cm³/mol. The Kier molecular flexibility index (Phi) is 4.29. The highest BCUT2D eigenvalue weighted by Crippen LogP contribution is 2.34. The van der Waals surface area contributed by atoms with Crippen molar-refractivity contribution < 1.29 is 9.47 Å². The number of hydrogen-bond acceptors (Lipinski definition) is 3. The van der Waals surface area contributed by atoms with Crippen molar-refractivity contribution in [2.45, 2.75) is 25.8 Å². The molecule has 3 heteroatoms. The van der Waals surface area contributed by atoms with Crippen molar-refractivity contribution in [3.63, 3.8) is 0 Å². The Morgan fingerprint density at radius 3 is 3.00 bits per heavy atom. The van der Waals surface area contributed by atoms with Gasteiger partial charge in [0.1, 0.15) is 11.5 Å². The van der Waals surface area contributed by atoms with Gasteiger partial charge in [-0.2, -0.15) is 0 Å². The quantitative estimate of drug-likeness (QED) is 0.881. The Balaban J connectivity index is 1.75. The lowest BCUT2D eigenvalue weighted by atomic mass is 10.0. The largest absolute Gasteiger partial charge is 0.494 e. The van der Waals surface area contributed by atoms with Gasteiger partial charge in [0.05, 0.1) is 19.3 Å². The van der Waals surface area contributed by atoms with Gasteiger partial charge in [0.2, 0.25) is 0 Å². The lowest BCUT2D eigenvalue weighted by molar-refractivity contribution is 0.274. The average molecular weight is 283 g/mol. The monoisotopic (exact) mass is 283 g/mol. The SMILES string of the molecule is CCCOc1cccc(NC2CCOc3ccccc32)c1. The molecule has 1 atom stereocenters. The van der Waals surface area contributed by atoms with Crippen LogP contribution in [-0.2, 0) is 0 Å². The number of fused-ring (bicyclic) bond motifs is 1. The van der Waals surface area contributed by atoms with Gasteiger partial charge in [-0.15, -0.1) is 0 Å². The Hall–Kier alpha value is -2.16. The van der Waals surface area contributed by atoms with E-state index in [1.807, 2.05) is 24.3 Å². The molecule has 1 aliphatic heterocycles. The summed E-state index contributed by atoms with van der Waals surface area (Å²) in [5, 5.41) is 3.59. The van der Waals surface area contributed by atoms with Gasteiger partial charge >= 0.3 is 0 Å². The van der Waals surface area contributed by atoms with Gasteiger partial charge in [-0.25, -0.2) is 0 Å². The third-order valence-corrected chi connectivity index (χ3v) is 3.61. The molecule has 21 heavy (non-hydrogen) atoms. The first-order chi connectivity index (χ1) is 10.4. The molecule has 0 aliphatic carbocycles. The molecule has 0 radical (unpaired) electrons. The van der Waals surface area contributed by atoms with Crippen molar-refractivity contribution in [3.05, 3.63) is 54.1 Å². The lowest BCUT2D eigenvalue weighted by Gasteiger charge is -2.27. The fourth-order valence-electron chi connectivity index (χ4n) is 2.59. The minimum Gasteiger partial charge on any atom is -0.494 e. The fraction of sp³-hybridized carbons (Fsp3) is 0.333. The maximum atomic E-state index is 5.70. The third kappa shape index (κ3) is 3.30. The van der Waals surface area contributed by atoms with Crippen LogP contribution in [0.25, 0.3) is 0 Å². The zero-order valence-electron chi connectivity index (χ0n) is 12.3.